The molecule has 1 unspecified atom stereocenters. The van der Waals surface area contributed by atoms with Gasteiger partial charge >= 0.3 is 0 Å². The summed E-state index contributed by atoms with van der Waals surface area (Å²) in [6.07, 6.45) is -0.359. The summed E-state index contributed by atoms with van der Waals surface area (Å²) in [6.45, 7) is 3.26. The van der Waals surface area contributed by atoms with Gasteiger partial charge in [-0.3, -0.25) is 10.0 Å². The minimum atomic E-state index is -4.41. The molecule has 0 aliphatic heterocycles. The summed E-state index contributed by atoms with van der Waals surface area (Å²) < 4.78 is 51.8. The molecular formula is C18H23N3O6S2. The minimum Gasteiger partial charge on any atom is -0.368 e. The number of nitrogens with zero attached hydrogens (tertiary/aromatic N) is 1. The van der Waals surface area contributed by atoms with Gasteiger partial charge in [-0.2, -0.15) is 0 Å². The van der Waals surface area contributed by atoms with Crippen LogP contribution in [-0.2, 0) is 24.8 Å². The van der Waals surface area contributed by atoms with Crippen LogP contribution in [0.5, 0.6) is 0 Å². The van der Waals surface area contributed by atoms with E-state index in [1.54, 1.807) is 19.1 Å². The summed E-state index contributed by atoms with van der Waals surface area (Å²) in [5, 5.41) is 10.2. The van der Waals surface area contributed by atoms with Crippen LogP contribution in [-0.4, -0.2) is 45.0 Å². The largest absolute Gasteiger partial charge is 0.368 e. The van der Waals surface area contributed by atoms with Crippen molar-refractivity contribution in [1.29, 1.82) is 0 Å². The van der Waals surface area contributed by atoms with Crippen LogP contribution in [0, 0.1) is 13.8 Å². The number of sulfonamides is 2. The fraction of sp³-hybridized carbons (Fsp3) is 0.278. The van der Waals surface area contributed by atoms with Gasteiger partial charge in [-0.05, 0) is 44.5 Å². The zero-order chi connectivity index (χ0) is 21.8. The van der Waals surface area contributed by atoms with Gasteiger partial charge < -0.3 is 5.73 Å². The standard InChI is InChI=1S/C18H23N3O6S2/c1-13-3-7-15(8-4-13)28(24,25)20-12-11-17(18(19)22)21(23)29(26,27)16-9-5-14(2)6-10-16/h3-10,17,20,23H,11-12H2,1-2H3,(H2,19,22). The summed E-state index contributed by atoms with van der Waals surface area (Å²) in [6, 6.07) is 10.1. The third kappa shape index (κ3) is 5.61. The van der Waals surface area contributed by atoms with Crippen molar-refractivity contribution in [3.05, 3.63) is 59.7 Å². The molecule has 4 N–H and O–H groups in total. The Morgan fingerprint density at radius 3 is 1.86 bits per heavy atom. The lowest BCUT2D eigenvalue weighted by atomic mass is 10.2. The van der Waals surface area contributed by atoms with E-state index in [4.69, 9.17) is 5.73 Å². The average molecular weight is 442 g/mol. The van der Waals surface area contributed by atoms with E-state index in [-0.39, 0.29) is 27.2 Å². The Labute approximate surface area is 170 Å². The number of hydrogen-bond acceptors (Lipinski definition) is 6. The molecule has 0 bridgehead atoms. The monoisotopic (exact) mass is 441 g/mol. The van der Waals surface area contributed by atoms with Crippen molar-refractivity contribution in [2.75, 3.05) is 6.54 Å². The SMILES string of the molecule is Cc1ccc(S(=O)(=O)NCCC(C(N)=O)N(O)S(=O)(=O)c2ccc(C)cc2)cc1. The molecule has 2 aromatic carbocycles. The highest BCUT2D eigenvalue weighted by molar-refractivity contribution is 7.89. The minimum absolute atomic E-state index is 0.0202. The van der Waals surface area contributed by atoms with Gasteiger partial charge in [-0.25, -0.2) is 21.6 Å². The highest BCUT2D eigenvalue weighted by Crippen LogP contribution is 2.18. The summed E-state index contributed by atoms with van der Waals surface area (Å²) in [7, 11) is -8.28. The molecule has 1 amide bonds. The number of primary amides is 1. The Morgan fingerprint density at radius 2 is 1.41 bits per heavy atom. The lowest BCUT2D eigenvalue weighted by molar-refractivity contribution is -0.131. The van der Waals surface area contributed by atoms with Gasteiger partial charge in [-0.15, -0.1) is 0 Å². The first kappa shape index (κ1) is 23.0. The second-order valence-electron chi connectivity index (χ2n) is 6.51. The summed E-state index contributed by atoms with van der Waals surface area (Å²) in [5.41, 5.74) is 6.93. The Kier molecular flexibility index (Phi) is 7.14. The predicted octanol–water partition coefficient (Wildman–Crippen LogP) is 0.906. The molecule has 0 saturated heterocycles. The number of nitrogens with two attached hydrogens (primary N) is 1. The third-order valence-electron chi connectivity index (χ3n) is 4.20. The fourth-order valence-corrected chi connectivity index (χ4v) is 4.77. The Morgan fingerprint density at radius 1 is 0.966 bits per heavy atom. The number of aryl methyl sites for hydroxylation is 2. The number of nitrogens with one attached hydrogen (secondary N) is 1. The first-order valence-electron chi connectivity index (χ1n) is 8.61. The molecule has 0 aliphatic carbocycles. The number of carbonyl (C=O) groups is 1. The van der Waals surface area contributed by atoms with E-state index in [1.807, 2.05) is 6.92 Å². The van der Waals surface area contributed by atoms with Gasteiger partial charge in [0.05, 0.1) is 9.79 Å². The van der Waals surface area contributed by atoms with Crippen LogP contribution < -0.4 is 10.5 Å². The fourth-order valence-electron chi connectivity index (χ4n) is 2.48. The first-order valence-corrected chi connectivity index (χ1v) is 11.5. The molecule has 0 radical (unpaired) electrons. The van der Waals surface area contributed by atoms with E-state index >= 15 is 0 Å². The Balaban J connectivity index is 2.12. The molecule has 0 heterocycles. The molecule has 2 aromatic rings. The van der Waals surface area contributed by atoms with Crippen LogP contribution in [0.3, 0.4) is 0 Å². The van der Waals surface area contributed by atoms with Gasteiger partial charge in [0.25, 0.3) is 10.0 Å². The van der Waals surface area contributed by atoms with Crippen LogP contribution >= 0.6 is 0 Å². The molecule has 0 saturated carbocycles. The van der Waals surface area contributed by atoms with Crippen LogP contribution in [0.1, 0.15) is 17.5 Å². The zero-order valence-corrected chi connectivity index (χ0v) is 17.6. The molecule has 9 nitrogen and oxygen atoms in total. The number of hydroxylamine groups is 1. The molecule has 0 spiro atoms. The quantitative estimate of drug-likeness (QED) is 0.493. The van der Waals surface area contributed by atoms with E-state index in [0.717, 1.165) is 11.1 Å². The number of carbonyl (C=O) groups excluding carboxylic acids is 1. The summed E-state index contributed by atoms with van der Waals surface area (Å²) >= 11 is 0. The number of amides is 1. The number of rotatable bonds is 9. The van der Waals surface area contributed by atoms with Gasteiger partial charge in [-0.1, -0.05) is 39.9 Å². The van der Waals surface area contributed by atoms with Crippen LogP contribution in [0.25, 0.3) is 0 Å². The molecule has 11 heteroatoms. The molecule has 29 heavy (non-hydrogen) atoms. The lowest BCUT2D eigenvalue weighted by Crippen LogP contribution is -2.47. The van der Waals surface area contributed by atoms with E-state index in [2.05, 4.69) is 4.72 Å². The van der Waals surface area contributed by atoms with E-state index < -0.39 is 32.0 Å². The van der Waals surface area contributed by atoms with Crippen molar-refractivity contribution < 1.29 is 26.8 Å². The molecular weight excluding hydrogens is 418 g/mol. The van der Waals surface area contributed by atoms with E-state index in [0.29, 0.717) is 0 Å². The second kappa shape index (κ2) is 9.01. The molecule has 0 aromatic heterocycles. The van der Waals surface area contributed by atoms with Gasteiger partial charge in [0.1, 0.15) is 6.04 Å². The molecule has 0 fully saturated rings. The van der Waals surface area contributed by atoms with Crippen molar-refractivity contribution in [3.63, 3.8) is 0 Å². The number of benzene rings is 2. The third-order valence-corrected chi connectivity index (χ3v) is 7.29. The summed E-state index contributed by atoms with van der Waals surface area (Å²) in [5.74, 6) is -1.11. The topological polar surface area (TPSA) is 147 Å². The maximum Gasteiger partial charge on any atom is 0.265 e. The molecule has 2 rings (SSSR count). The summed E-state index contributed by atoms with van der Waals surface area (Å²) in [4.78, 5) is 11.5. The van der Waals surface area contributed by atoms with Crippen molar-refractivity contribution in [1.82, 2.24) is 9.19 Å². The predicted molar refractivity (Wildman–Crippen MR) is 106 cm³/mol. The Hall–Kier alpha value is -2.31. The van der Waals surface area contributed by atoms with Gasteiger partial charge in [0, 0.05) is 6.54 Å². The lowest BCUT2D eigenvalue weighted by Gasteiger charge is -2.23. The van der Waals surface area contributed by atoms with Gasteiger partial charge in [0.2, 0.25) is 15.9 Å². The normalized spacial score (nSPS) is 13.4. The zero-order valence-electron chi connectivity index (χ0n) is 15.9. The average Bonchev–Trinajstić information content (AvgIpc) is 2.65. The van der Waals surface area contributed by atoms with Crippen LogP contribution in [0.15, 0.2) is 58.3 Å². The maximum atomic E-state index is 12.5. The van der Waals surface area contributed by atoms with Crippen molar-refractivity contribution in [3.8, 4) is 0 Å². The number of hydrogen-bond donors (Lipinski definition) is 3. The smallest absolute Gasteiger partial charge is 0.265 e. The van der Waals surface area contributed by atoms with Crippen molar-refractivity contribution in [2.24, 2.45) is 5.73 Å². The van der Waals surface area contributed by atoms with Gasteiger partial charge in [0.15, 0.2) is 0 Å². The maximum absolute atomic E-state index is 12.5. The van der Waals surface area contributed by atoms with E-state index in [9.17, 15) is 26.8 Å². The van der Waals surface area contributed by atoms with Crippen molar-refractivity contribution >= 4 is 26.0 Å². The molecule has 158 valence electrons. The highest BCUT2D eigenvalue weighted by Gasteiger charge is 2.34. The molecule has 1 atom stereocenters. The second-order valence-corrected chi connectivity index (χ2v) is 10.1. The van der Waals surface area contributed by atoms with E-state index in [1.165, 1.54) is 36.4 Å². The highest BCUT2D eigenvalue weighted by atomic mass is 32.2. The van der Waals surface area contributed by atoms with Crippen LogP contribution in [0.2, 0.25) is 0 Å². The van der Waals surface area contributed by atoms with Crippen molar-refractivity contribution in [2.45, 2.75) is 36.1 Å². The Bertz CT molecular complexity index is 1070. The first-order chi connectivity index (χ1) is 13.4. The van der Waals surface area contributed by atoms with Crippen LogP contribution in [0.4, 0.5) is 0 Å². The molecule has 0 aliphatic rings.